The third-order valence-corrected chi connectivity index (χ3v) is 5.61. The molecule has 0 aliphatic rings. The lowest BCUT2D eigenvalue weighted by Gasteiger charge is -2.10. The van der Waals surface area contributed by atoms with E-state index in [0.29, 0.717) is 12.1 Å². The van der Waals surface area contributed by atoms with Crippen LogP contribution in [0.5, 0.6) is 0 Å². The Hall–Kier alpha value is -2.78. The lowest BCUT2D eigenvalue weighted by Crippen LogP contribution is -2.11. The fraction of sp³-hybridized carbons (Fsp3) is 0.174. The number of carbonyl (C=O) groups is 1. The first-order chi connectivity index (χ1) is 13.0. The van der Waals surface area contributed by atoms with Crippen LogP contribution >= 0.6 is 11.6 Å². The molecule has 1 aromatic heterocycles. The second-order valence-electron chi connectivity index (χ2n) is 6.94. The number of hydrogen-bond acceptors (Lipinski definition) is 1. The van der Waals surface area contributed by atoms with Crippen molar-refractivity contribution >= 4 is 39.3 Å². The van der Waals surface area contributed by atoms with Gasteiger partial charge in [0.1, 0.15) is 0 Å². The fourth-order valence-electron chi connectivity index (χ4n) is 3.70. The van der Waals surface area contributed by atoms with Crippen molar-refractivity contribution < 1.29 is 4.79 Å². The van der Waals surface area contributed by atoms with E-state index in [0.717, 1.165) is 44.4 Å². The van der Waals surface area contributed by atoms with E-state index in [1.54, 1.807) is 6.07 Å². The third kappa shape index (κ3) is 2.98. The van der Waals surface area contributed by atoms with Gasteiger partial charge in [0.2, 0.25) is 5.91 Å². The van der Waals surface area contributed by atoms with Crippen molar-refractivity contribution in [3.63, 3.8) is 0 Å². The molecule has 0 saturated heterocycles. The number of fused-ring (bicyclic) bond motifs is 3. The number of hydrogen-bond donors (Lipinski definition) is 1. The number of aryl methyl sites for hydroxylation is 2. The van der Waals surface area contributed by atoms with Crippen LogP contribution in [0.1, 0.15) is 34.0 Å². The maximum Gasteiger partial charge on any atom is 0.249 e. The average molecular weight is 377 g/mol. The Morgan fingerprint density at radius 3 is 2.52 bits per heavy atom. The molecule has 0 aliphatic carbocycles. The molecule has 4 aromatic rings. The molecule has 1 amide bonds. The second-order valence-corrected chi connectivity index (χ2v) is 7.35. The maximum atomic E-state index is 12.0. The molecule has 0 spiro atoms. The van der Waals surface area contributed by atoms with Gasteiger partial charge in [-0.1, -0.05) is 48.9 Å². The van der Waals surface area contributed by atoms with Crippen molar-refractivity contribution in [3.8, 4) is 0 Å². The smallest absolute Gasteiger partial charge is 0.249 e. The maximum absolute atomic E-state index is 12.0. The molecule has 1 heterocycles. The minimum absolute atomic E-state index is 0.405. The molecule has 4 heteroatoms. The van der Waals surface area contributed by atoms with E-state index in [-0.39, 0.29) is 0 Å². The van der Waals surface area contributed by atoms with Gasteiger partial charge in [-0.25, -0.2) is 0 Å². The Morgan fingerprint density at radius 1 is 1.04 bits per heavy atom. The quantitative estimate of drug-likeness (QED) is 0.504. The van der Waals surface area contributed by atoms with Crippen molar-refractivity contribution in [3.05, 3.63) is 81.9 Å². The minimum atomic E-state index is -0.405. The monoisotopic (exact) mass is 376 g/mol. The predicted molar refractivity (Wildman–Crippen MR) is 113 cm³/mol. The topological polar surface area (TPSA) is 48.0 Å². The van der Waals surface area contributed by atoms with Gasteiger partial charge in [0, 0.05) is 33.4 Å². The summed E-state index contributed by atoms with van der Waals surface area (Å²) in [5, 5.41) is 2.73. The average Bonchev–Trinajstić information content (AvgIpc) is 2.97. The van der Waals surface area contributed by atoms with Crippen LogP contribution in [-0.2, 0) is 13.0 Å². The molecule has 0 saturated carbocycles. The SMILES string of the molecule is CCc1ccc2c3c(C(N)=O)cccc3n(Cc3ccc(C)c(Cl)c3)c2c1. The largest absolute Gasteiger partial charge is 0.366 e. The number of primary amides is 1. The number of benzene rings is 3. The summed E-state index contributed by atoms with van der Waals surface area (Å²) in [4.78, 5) is 12.0. The van der Waals surface area contributed by atoms with Crippen molar-refractivity contribution in [1.29, 1.82) is 0 Å². The molecule has 136 valence electrons. The van der Waals surface area contributed by atoms with Crippen LogP contribution < -0.4 is 5.73 Å². The van der Waals surface area contributed by atoms with Crippen LogP contribution in [0.15, 0.2) is 54.6 Å². The van der Waals surface area contributed by atoms with Gasteiger partial charge in [-0.3, -0.25) is 4.79 Å². The number of carbonyl (C=O) groups excluding carboxylic acids is 1. The number of nitrogens with zero attached hydrogens (tertiary/aromatic N) is 1. The van der Waals surface area contributed by atoms with E-state index in [2.05, 4.69) is 35.8 Å². The Bertz CT molecular complexity index is 1190. The number of nitrogens with two attached hydrogens (primary N) is 1. The normalized spacial score (nSPS) is 11.4. The summed E-state index contributed by atoms with van der Waals surface area (Å²) in [5.41, 5.74) is 11.8. The molecule has 0 radical (unpaired) electrons. The third-order valence-electron chi connectivity index (χ3n) is 5.21. The molecule has 27 heavy (non-hydrogen) atoms. The zero-order valence-electron chi connectivity index (χ0n) is 15.4. The Morgan fingerprint density at radius 2 is 1.81 bits per heavy atom. The Labute approximate surface area is 163 Å². The van der Waals surface area contributed by atoms with E-state index >= 15 is 0 Å². The summed E-state index contributed by atoms with van der Waals surface area (Å²) in [7, 11) is 0. The van der Waals surface area contributed by atoms with Crippen molar-refractivity contribution in [2.75, 3.05) is 0 Å². The van der Waals surface area contributed by atoms with E-state index in [1.807, 2.05) is 31.2 Å². The highest BCUT2D eigenvalue weighted by atomic mass is 35.5. The van der Waals surface area contributed by atoms with E-state index in [4.69, 9.17) is 17.3 Å². The van der Waals surface area contributed by atoms with Gasteiger partial charge in [-0.15, -0.1) is 0 Å². The summed E-state index contributed by atoms with van der Waals surface area (Å²) < 4.78 is 2.25. The predicted octanol–water partition coefficient (Wildman–Crippen LogP) is 5.47. The first-order valence-electron chi connectivity index (χ1n) is 9.08. The standard InChI is InChI=1S/C23H21ClN2O/c1-3-15-9-10-17-21(12-15)26(13-16-8-7-14(2)19(24)11-16)20-6-4-5-18(22(17)20)23(25)27/h4-12H,3,13H2,1-2H3,(H2,25,27). The fourth-order valence-corrected chi connectivity index (χ4v) is 3.91. The first-order valence-corrected chi connectivity index (χ1v) is 9.46. The molecule has 0 fully saturated rings. The molecule has 0 aliphatic heterocycles. The van der Waals surface area contributed by atoms with Gasteiger partial charge < -0.3 is 10.3 Å². The number of halogens is 1. The van der Waals surface area contributed by atoms with Crippen molar-refractivity contribution in [2.24, 2.45) is 5.73 Å². The summed E-state index contributed by atoms with van der Waals surface area (Å²) in [6.07, 6.45) is 0.955. The van der Waals surface area contributed by atoms with E-state index < -0.39 is 5.91 Å². The van der Waals surface area contributed by atoms with E-state index in [1.165, 1.54) is 5.56 Å². The van der Waals surface area contributed by atoms with Gasteiger partial charge in [-0.2, -0.15) is 0 Å². The summed E-state index contributed by atoms with van der Waals surface area (Å²) in [6.45, 7) is 4.82. The lowest BCUT2D eigenvalue weighted by molar-refractivity contribution is 0.100. The van der Waals surface area contributed by atoms with Gasteiger partial charge in [0.25, 0.3) is 0 Å². The highest BCUT2D eigenvalue weighted by Gasteiger charge is 2.17. The van der Waals surface area contributed by atoms with E-state index in [9.17, 15) is 4.79 Å². The van der Waals surface area contributed by atoms with Gasteiger partial charge in [-0.05, 0) is 54.3 Å². The van der Waals surface area contributed by atoms with Crippen LogP contribution in [0.25, 0.3) is 21.8 Å². The molecule has 0 unspecified atom stereocenters. The molecular formula is C23H21ClN2O. The van der Waals surface area contributed by atoms with Crippen LogP contribution in [-0.4, -0.2) is 10.5 Å². The summed E-state index contributed by atoms with van der Waals surface area (Å²) in [6, 6.07) is 18.3. The molecule has 3 aromatic carbocycles. The summed E-state index contributed by atoms with van der Waals surface area (Å²) >= 11 is 6.33. The van der Waals surface area contributed by atoms with Crippen LogP contribution in [0.3, 0.4) is 0 Å². The first kappa shape index (κ1) is 17.6. The Kier molecular flexibility index (Phi) is 4.40. The number of amides is 1. The molecule has 0 bridgehead atoms. The van der Waals surface area contributed by atoms with Gasteiger partial charge in [0.15, 0.2) is 0 Å². The second kappa shape index (κ2) is 6.75. The summed E-state index contributed by atoms with van der Waals surface area (Å²) in [5.74, 6) is -0.405. The molecular weight excluding hydrogens is 356 g/mol. The highest BCUT2D eigenvalue weighted by Crippen LogP contribution is 2.33. The highest BCUT2D eigenvalue weighted by molar-refractivity contribution is 6.31. The molecule has 2 N–H and O–H groups in total. The Balaban J connectivity index is 2.02. The van der Waals surface area contributed by atoms with Crippen molar-refractivity contribution in [2.45, 2.75) is 26.8 Å². The van der Waals surface area contributed by atoms with Crippen LogP contribution in [0.2, 0.25) is 5.02 Å². The minimum Gasteiger partial charge on any atom is -0.366 e. The molecule has 3 nitrogen and oxygen atoms in total. The molecule has 4 rings (SSSR count). The van der Waals surface area contributed by atoms with Gasteiger partial charge >= 0.3 is 0 Å². The molecule has 0 atom stereocenters. The lowest BCUT2D eigenvalue weighted by atomic mass is 10.0. The van der Waals surface area contributed by atoms with Crippen LogP contribution in [0.4, 0.5) is 0 Å². The van der Waals surface area contributed by atoms with Crippen molar-refractivity contribution in [1.82, 2.24) is 4.57 Å². The van der Waals surface area contributed by atoms with Crippen LogP contribution in [0, 0.1) is 6.92 Å². The zero-order chi connectivity index (χ0) is 19.1. The number of rotatable bonds is 4. The van der Waals surface area contributed by atoms with Gasteiger partial charge in [0.05, 0.1) is 5.52 Å². The number of aromatic nitrogens is 1. The zero-order valence-corrected chi connectivity index (χ0v) is 16.2.